The van der Waals surface area contributed by atoms with Gasteiger partial charge >= 0.3 is 5.97 Å². The van der Waals surface area contributed by atoms with Gasteiger partial charge in [-0.25, -0.2) is 0 Å². The largest absolute Gasteiger partial charge is 0.497 e. The van der Waals surface area contributed by atoms with Crippen LogP contribution in [0.25, 0.3) is 10.9 Å². The predicted molar refractivity (Wildman–Crippen MR) is 66.3 cm³/mol. The van der Waals surface area contributed by atoms with Crippen molar-refractivity contribution >= 4 is 23.2 Å². The lowest BCUT2D eigenvalue weighted by Crippen LogP contribution is -2.10. The number of carbonyl (C=O) groups is 2. The van der Waals surface area contributed by atoms with Crippen LogP contribution in [0.4, 0.5) is 0 Å². The van der Waals surface area contributed by atoms with Gasteiger partial charge in [0.25, 0.3) is 0 Å². The highest BCUT2D eigenvalue weighted by molar-refractivity contribution is 6.00. The third-order valence-corrected chi connectivity index (χ3v) is 2.99. The van der Waals surface area contributed by atoms with Crippen molar-refractivity contribution in [2.45, 2.75) is 13.5 Å². The first-order chi connectivity index (χ1) is 8.58. The van der Waals surface area contributed by atoms with Gasteiger partial charge in [0.1, 0.15) is 12.3 Å². The molecule has 0 aliphatic rings. The summed E-state index contributed by atoms with van der Waals surface area (Å²) in [5.74, 6) is -0.320. The summed E-state index contributed by atoms with van der Waals surface area (Å²) in [5, 5.41) is 9.66. The van der Waals surface area contributed by atoms with E-state index < -0.39 is 5.97 Å². The lowest BCUT2D eigenvalue weighted by molar-refractivity contribution is -0.137. The van der Waals surface area contributed by atoms with Gasteiger partial charge in [0.05, 0.1) is 12.6 Å². The number of carboxylic acids is 1. The van der Waals surface area contributed by atoms with E-state index in [-0.39, 0.29) is 6.54 Å². The number of carboxylic acid groups (broad SMARTS) is 1. The molecule has 0 saturated carbocycles. The van der Waals surface area contributed by atoms with Gasteiger partial charge in [0, 0.05) is 22.7 Å². The summed E-state index contributed by atoms with van der Waals surface area (Å²) < 4.78 is 6.72. The zero-order valence-electron chi connectivity index (χ0n) is 10.1. The number of carbonyl (C=O) groups excluding carboxylic acids is 1. The minimum atomic E-state index is -0.949. The fourth-order valence-electron chi connectivity index (χ4n) is 2.10. The molecule has 0 bridgehead atoms. The molecule has 0 aliphatic carbocycles. The molecule has 2 aromatic rings. The lowest BCUT2D eigenvalue weighted by Gasteiger charge is -2.05. The van der Waals surface area contributed by atoms with Crippen molar-refractivity contribution in [3.63, 3.8) is 0 Å². The molecule has 1 aromatic heterocycles. The molecule has 1 heterocycles. The van der Waals surface area contributed by atoms with Gasteiger partial charge in [-0.2, -0.15) is 0 Å². The van der Waals surface area contributed by atoms with E-state index in [9.17, 15) is 9.59 Å². The molecular formula is C13H13NO4. The first kappa shape index (κ1) is 12.2. The van der Waals surface area contributed by atoms with Crippen LogP contribution >= 0.6 is 0 Å². The van der Waals surface area contributed by atoms with Crippen LogP contribution < -0.4 is 4.74 Å². The van der Waals surface area contributed by atoms with Crippen LogP contribution in [0.15, 0.2) is 18.2 Å². The van der Waals surface area contributed by atoms with Crippen molar-refractivity contribution in [2.75, 3.05) is 7.11 Å². The molecule has 5 nitrogen and oxygen atoms in total. The van der Waals surface area contributed by atoms with Gasteiger partial charge in [-0.15, -0.1) is 0 Å². The molecule has 5 heteroatoms. The number of ether oxygens (including phenoxy) is 1. The van der Waals surface area contributed by atoms with E-state index in [0.29, 0.717) is 22.5 Å². The van der Waals surface area contributed by atoms with Crippen LogP contribution in [0.5, 0.6) is 5.75 Å². The summed E-state index contributed by atoms with van der Waals surface area (Å²) in [4.78, 5) is 22.0. The highest BCUT2D eigenvalue weighted by Gasteiger charge is 2.15. The van der Waals surface area contributed by atoms with E-state index in [1.165, 1.54) is 0 Å². The van der Waals surface area contributed by atoms with Crippen molar-refractivity contribution in [3.8, 4) is 5.75 Å². The Hall–Kier alpha value is -2.30. The molecule has 0 fully saturated rings. The Bertz CT molecular complexity index is 627. The summed E-state index contributed by atoms with van der Waals surface area (Å²) in [6, 6.07) is 5.25. The molecule has 0 amide bonds. The molecule has 0 aliphatic heterocycles. The van der Waals surface area contributed by atoms with Gasteiger partial charge in [-0.3, -0.25) is 9.59 Å². The lowest BCUT2D eigenvalue weighted by atomic mass is 10.1. The topological polar surface area (TPSA) is 68.5 Å². The summed E-state index contributed by atoms with van der Waals surface area (Å²) >= 11 is 0. The number of hydrogen-bond acceptors (Lipinski definition) is 3. The first-order valence-electron chi connectivity index (χ1n) is 5.42. The molecule has 1 aromatic carbocycles. The molecule has 0 atom stereocenters. The second-order valence-corrected chi connectivity index (χ2v) is 3.98. The zero-order valence-corrected chi connectivity index (χ0v) is 10.1. The van der Waals surface area contributed by atoms with Gasteiger partial charge in [0.15, 0.2) is 6.29 Å². The predicted octanol–water partition coefficient (Wildman–Crippen LogP) is 1.86. The summed E-state index contributed by atoms with van der Waals surface area (Å²) in [6.45, 7) is 1.56. The minimum absolute atomic E-state index is 0.177. The van der Waals surface area contributed by atoms with E-state index in [1.54, 1.807) is 36.8 Å². The average molecular weight is 247 g/mol. The number of aromatic nitrogens is 1. The van der Waals surface area contributed by atoms with Gasteiger partial charge in [-0.1, -0.05) is 0 Å². The van der Waals surface area contributed by atoms with Crippen molar-refractivity contribution < 1.29 is 19.4 Å². The van der Waals surface area contributed by atoms with Crippen molar-refractivity contribution in [1.82, 2.24) is 4.57 Å². The van der Waals surface area contributed by atoms with E-state index in [1.807, 2.05) is 0 Å². The number of nitrogens with zero attached hydrogens (tertiary/aromatic N) is 1. The molecule has 94 valence electrons. The number of aldehydes is 1. The Balaban J connectivity index is 2.76. The number of aliphatic carboxylic acids is 1. The van der Waals surface area contributed by atoms with E-state index >= 15 is 0 Å². The third-order valence-electron chi connectivity index (χ3n) is 2.99. The number of methoxy groups -OCH3 is 1. The van der Waals surface area contributed by atoms with Crippen molar-refractivity contribution in [3.05, 3.63) is 29.5 Å². The number of rotatable bonds is 4. The number of hydrogen-bond donors (Lipinski definition) is 1. The maximum atomic E-state index is 11.1. The molecule has 1 N–H and O–H groups in total. The van der Waals surface area contributed by atoms with E-state index in [0.717, 1.165) is 11.7 Å². The van der Waals surface area contributed by atoms with Crippen molar-refractivity contribution in [2.24, 2.45) is 0 Å². The second kappa shape index (κ2) is 4.52. The molecule has 0 radical (unpaired) electrons. The standard InChI is InChI=1S/C13H13NO4/c1-8-11(7-15)10-4-3-9(18-2)5-12(10)14(8)6-13(16)17/h3-5,7H,6H2,1-2H3,(H,16,17). The molecular weight excluding hydrogens is 234 g/mol. The number of fused-ring (bicyclic) bond motifs is 1. The second-order valence-electron chi connectivity index (χ2n) is 3.98. The molecule has 18 heavy (non-hydrogen) atoms. The van der Waals surface area contributed by atoms with Crippen LogP contribution in [0.1, 0.15) is 16.1 Å². The van der Waals surface area contributed by atoms with Crippen LogP contribution in [-0.4, -0.2) is 29.0 Å². The zero-order chi connectivity index (χ0) is 13.3. The molecule has 0 unspecified atom stereocenters. The highest BCUT2D eigenvalue weighted by Crippen LogP contribution is 2.28. The van der Waals surface area contributed by atoms with Crippen LogP contribution in [0.3, 0.4) is 0 Å². The van der Waals surface area contributed by atoms with Crippen molar-refractivity contribution in [1.29, 1.82) is 0 Å². The van der Waals surface area contributed by atoms with Gasteiger partial charge < -0.3 is 14.4 Å². The number of benzene rings is 1. The first-order valence-corrected chi connectivity index (χ1v) is 5.42. The highest BCUT2D eigenvalue weighted by atomic mass is 16.5. The monoisotopic (exact) mass is 247 g/mol. The molecule has 0 saturated heterocycles. The average Bonchev–Trinajstić information content (AvgIpc) is 2.61. The van der Waals surface area contributed by atoms with Gasteiger partial charge in [-0.05, 0) is 19.1 Å². The quantitative estimate of drug-likeness (QED) is 0.837. The Labute approximate surface area is 104 Å². The summed E-state index contributed by atoms with van der Waals surface area (Å²) in [7, 11) is 1.54. The normalized spacial score (nSPS) is 10.6. The fourth-order valence-corrected chi connectivity index (χ4v) is 2.10. The van der Waals surface area contributed by atoms with Crippen LogP contribution in [0.2, 0.25) is 0 Å². The Morgan fingerprint density at radius 2 is 2.22 bits per heavy atom. The summed E-state index contributed by atoms with van der Waals surface area (Å²) in [6.07, 6.45) is 0.752. The third kappa shape index (κ3) is 1.84. The van der Waals surface area contributed by atoms with E-state index in [2.05, 4.69) is 0 Å². The van der Waals surface area contributed by atoms with Crippen LogP contribution in [-0.2, 0) is 11.3 Å². The Morgan fingerprint density at radius 3 is 2.78 bits per heavy atom. The molecule has 0 spiro atoms. The van der Waals surface area contributed by atoms with E-state index in [4.69, 9.17) is 9.84 Å². The molecule has 2 rings (SSSR count). The Morgan fingerprint density at radius 1 is 1.50 bits per heavy atom. The smallest absolute Gasteiger partial charge is 0.323 e. The maximum absolute atomic E-state index is 11.1. The minimum Gasteiger partial charge on any atom is -0.497 e. The van der Waals surface area contributed by atoms with Crippen LogP contribution in [0, 0.1) is 6.92 Å². The Kier molecular flexibility index (Phi) is 3.06. The summed E-state index contributed by atoms with van der Waals surface area (Å²) in [5.41, 5.74) is 1.86. The van der Waals surface area contributed by atoms with Gasteiger partial charge in [0.2, 0.25) is 0 Å². The maximum Gasteiger partial charge on any atom is 0.323 e. The SMILES string of the molecule is COc1ccc2c(C=O)c(C)n(CC(=O)O)c2c1. The fraction of sp³-hybridized carbons (Fsp3) is 0.231.